The van der Waals surface area contributed by atoms with Crippen molar-refractivity contribution in [3.8, 4) is 5.75 Å². The Morgan fingerprint density at radius 2 is 1.77 bits per heavy atom. The van der Waals surface area contributed by atoms with Gasteiger partial charge in [0.2, 0.25) is 0 Å². The first-order valence-corrected chi connectivity index (χ1v) is 9.60. The van der Waals surface area contributed by atoms with Crippen molar-refractivity contribution in [2.45, 2.75) is 12.8 Å². The van der Waals surface area contributed by atoms with Gasteiger partial charge < -0.3 is 19.8 Å². The van der Waals surface area contributed by atoms with Gasteiger partial charge in [-0.15, -0.1) is 0 Å². The molecule has 0 bridgehead atoms. The summed E-state index contributed by atoms with van der Waals surface area (Å²) >= 11 is 0. The Morgan fingerprint density at radius 1 is 1.03 bits per heavy atom. The van der Waals surface area contributed by atoms with Crippen LogP contribution in [0.1, 0.15) is 34.5 Å². The normalized spacial score (nSPS) is 12.1. The van der Waals surface area contributed by atoms with E-state index in [1.165, 1.54) is 12.3 Å². The molecule has 0 spiro atoms. The number of furan rings is 1. The fourth-order valence-corrected chi connectivity index (χ4v) is 2.85. The lowest BCUT2D eigenvalue weighted by Gasteiger charge is -2.15. The minimum Gasteiger partial charge on any atom is -0.497 e. The quantitative estimate of drug-likeness (QED) is 0.557. The van der Waals surface area contributed by atoms with E-state index in [9.17, 15) is 9.59 Å². The van der Waals surface area contributed by atoms with E-state index in [1.807, 2.05) is 37.3 Å². The minimum absolute atomic E-state index is 0.103. The fourth-order valence-electron chi connectivity index (χ4n) is 2.85. The lowest BCUT2D eigenvalue weighted by molar-refractivity contribution is -0.117. The van der Waals surface area contributed by atoms with Gasteiger partial charge in [0, 0.05) is 18.2 Å². The molecule has 154 valence electrons. The predicted octanol–water partition coefficient (Wildman–Crippen LogP) is 3.98. The summed E-state index contributed by atoms with van der Waals surface area (Å²) in [4.78, 5) is 25.5. The monoisotopic (exact) mass is 404 g/mol. The summed E-state index contributed by atoms with van der Waals surface area (Å²) in [7, 11) is 1.56. The lowest BCUT2D eigenvalue weighted by Crippen LogP contribution is -2.36. The second-order valence-electron chi connectivity index (χ2n) is 6.78. The third-order valence-corrected chi connectivity index (χ3v) is 4.61. The van der Waals surface area contributed by atoms with Gasteiger partial charge in [-0.2, -0.15) is 0 Å². The van der Waals surface area contributed by atoms with Crippen LogP contribution in [0.3, 0.4) is 0 Å². The zero-order valence-electron chi connectivity index (χ0n) is 16.9. The Bertz CT molecular complexity index is 993. The van der Waals surface area contributed by atoms with Gasteiger partial charge in [-0.05, 0) is 47.9 Å². The highest BCUT2D eigenvalue weighted by Crippen LogP contribution is 2.15. The lowest BCUT2D eigenvalue weighted by atomic mass is 10.0. The van der Waals surface area contributed by atoms with Crippen LogP contribution in [0.2, 0.25) is 0 Å². The van der Waals surface area contributed by atoms with Crippen molar-refractivity contribution in [2.24, 2.45) is 0 Å². The Labute approximate surface area is 175 Å². The van der Waals surface area contributed by atoms with E-state index in [-0.39, 0.29) is 11.6 Å². The molecule has 6 heteroatoms. The van der Waals surface area contributed by atoms with E-state index in [0.29, 0.717) is 23.6 Å². The summed E-state index contributed by atoms with van der Waals surface area (Å²) in [6.45, 7) is 2.46. The van der Waals surface area contributed by atoms with Gasteiger partial charge in [-0.3, -0.25) is 9.59 Å². The van der Waals surface area contributed by atoms with Gasteiger partial charge in [-0.1, -0.05) is 37.3 Å². The second-order valence-corrected chi connectivity index (χ2v) is 6.78. The minimum atomic E-state index is -0.401. The summed E-state index contributed by atoms with van der Waals surface area (Å²) in [6.07, 6.45) is 3.01. The van der Waals surface area contributed by atoms with Crippen LogP contribution >= 0.6 is 0 Å². The maximum atomic E-state index is 12.8. The molecule has 2 aromatic carbocycles. The maximum Gasteiger partial charge on any atom is 0.267 e. The predicted molar refractivity (Wildman–Crippen MR) is 115 cm³/mol. The van der Waals surface area contributed by atoms with E-state index >= 15 is 0 Å². The zero-order chi connectivity index (χ0) is 21.3. The topological polar surface area (TPSA) is 80.6 Å². The number of nitrogens with one attached hydrogen (secondary N) is 2. The molecule has 3 rings (SSSR count). The molecular weight excluding hydrogens is 380 g/mol. The van der Waals surface area contributed by atoms with Crippen molar-refractivity contribution in [2.75, 3.05) is 13.7 Å². The van der Waals surface area contributed by atoms with Crippen LogP contribution in [-0.2, 0) is 4.79 Å². The summed E-state index contributed by atoms with van der Waals surface area (Å²) < 4.78 is 10.4. The smallest absolute Gasteiger partial charge is 0.267 e. The molecular formula is C24H24N2O4. The molecule has 1 aromatic heterocycles. The first kappa shape index (κ1) is 20.9. The van der Waals surface area contributed by atoms with Gasteiger partial charge in [0.05, 0.1) is 13.4 Å². The van der Waals surface area contributed by atoms with Crippen molar-refractivity contribution < 1.29 is 18.7 Å². The molecule has 0 aliphatic carbocycles. The molecule has 0 radical (unpaired) electrons. The van der Waals surface area contributed by atoms with Crippen molar-refractivity contribution in [1.82, 2.24) is 10.6 Å². The number of amides is 2. The van der Waals surface area contributed by atoms with Crippen LogP contribution in [-0.4, -0.2) is 25.5 Å². The summed E-state index contributed by atoms with van der Waals surface area (Å²) in [5, 5.41) is 5.57. The van der Waals surface area contributed by atoms with Crippen LogP contribution in [0, 0.1) is 0 Å². The van der Waals surface area contributed by atoms with E-state index < -0.39 is 11.8 Å². The number of methoxy groups -OCH3 is 1. The van der Waals surface area contributed by atoms with Crippen LogP contribution in [0.25, 0.3) is 6.08 Å². The summed E-state index contributed by atoms with van der Waals surface area (Å²) in [5.41, 5.74) is 1.63. The summed E-state index contributed by atoms with van der Waals surface area (Å²) in [6, 6.07) is 20.0. The Hall–Kier alpha value is -3.80. The van der Waals surface area contributed by atoms with Gasteiger partial charge in [-0.25, -0.2) is 0 Å². The van der Waals surface area contributed by atoms with Crippen LogP contribution < -0.4 is 15.4 Å². The second kappa shape index (κ2) is 10.1. The number of benzene rings is 2. The highest BCUT2D eigenvalue weighted by molar-refractivity contribution is 6.05. The third kappa shape index (κ3) is 5.61. The molecule has 3 aromatic rings. The van der Waals surface area contributed by atoms with Gasteiger partial charge in [0.15, 0.2) is 0 Å². The van der Waals surface area contributed by atoms with Crippen molar-refractivity contribution in [3.63, 3.8) is 0 Å². The van der Waals surface area contributed by atoms with Crippen LogP contribution in [0.5, 0.6) is 5.75 Å². The van der Waals surface area contributed by atoms with Crippen molar-refractivity contribution in [3.05, 3.63) is 95.6 Å². The molecule has 0 fully saturated rings. The largest absolute Gasteiger partial charge is 0.497 e. The van der Waals surface area contributed by atoms with Gasteiger partial charge >= 0.3 is 0 Å². The third-order valence-electron chi connectivity index (χ3n) is 4.61. The first-order chi connectivity index (χ1) is 14.6. The highest BCUT2D eigenvalue weighted by Gasteiger charge is 2.16. The van der Waals surface area contributed by atoms with E-state index in [4.69, 9.17) is 9.15 Å². The fraction of sp³-hybridized carbons (Fsp3) is 0.167. The van der Waals surface area contributed by atoms with Crippen LogP contribution in [0.4, 0.5) is 0 Å². The first-order valence-electron chi connectivity index (χ1n) is 9.60. The SMILES string of the molecule is COc1ccc(C(=O)N/C(=C\c2ccco2)C(=O)NCC(C)c2ccccc2)cc1. The number of carbonyl (C=O) groups is 2. The Balaban J connectivity index is 1.71. The maximum absolute atomic E-state index is 12.8. The zero-order valence-corrected chi connectivity index (χ0v) is 16.9. The van der Waals surface area contributed by atoms with Crippen LogP contribution in [0.15, 0.2) is 83.1 Å². The molecule has 2 N–H and O–H groups in total. The molecule has 30 heavy (non-hydrogen) atoms. The average molecular weight is 404 g/mol. The molecule has 0 aliphatic rings. The number of hydrogen-bond donors (Lipinski definition) is 2. The molecule has 1 unspecified atom stereocenters. The molecule has 1 atom stereocenters. The number of hydrogen-bond acceptors (Lipinski definition) is 4. The average Bonchev–Trinajstić information content (AvgIpc) is 3.30. The van der Waals surface area contributed by atoms with Crippen molar-refractivity contribution >= 4 is 17.9 Å². The number of rotatable bonds is 8. The Kier molecular flexibility index (Phi) is 7.05. The van der Waals surface area contributed by atoms with Crippen molar-refractivity contribution in [1.29, 1.82) is 0 Å². The highest BCUT2D eigenvalue weighted by atomic mass is 16.5. The van der Waals surface area contributed by atoms with Gasteiger partial charge in [0.1, 0.15) is 17.2 Å². The Morgan fingerprint density at radius 3 is 2.40 bits per heavy atom. The molecule has 1 heterocycles. The van der Waals surface area contributed by atoms with E-state index in [0.717, 1.165) is 5.56 Å². The molecule has 0 saturated heterocycles. The number of ether oxygens (including phenoxy) is 1. The summed E-state index contributed by atoms with van der Waals surface area (Å²) in [5.74, 6) is 0.437. The molecule has 2 amide bonds. The standard InChI is InChI=1S/C24H24N2O4/c1-17(18-7-4-3-5-8-18)16-25-24(28)22(15-21-9-6-14-30-21)26-23(27)19-10-12-20(29-2)13-11-19/h3-15,17H,16H2,1-2H3,(H,25,28)(H,26,27)/b22-15-. The number of carbonyl (C=O) groups excluding carboxylic acids is 2. The van der Waals surface area contributed by atoms with E-state index in [2.05, 4.69) is 10.6 Å². The molecule has 0 saturated carbocycles. The molecule has 0 aliphatic heterocycles. The van der Waals surface area contributed by atoms with Gasteiger partial charge in [0.25, 0.3) is 11.8 Å². The van der Waals surface area contributed by atoms with E-state index in [1.54, 1.807) is 43.5 Å². The molecule has 6 nitrogen and oxygen atoms in total.